The summed E-state index contributed by atoms with van der Waals surface area (Å²) >= 11 is 1.77. The molecular weight excluding hydrogens is 372 g/mol. The molecule has 2 heterocycles. The maximum atomic E-state index is 5.45. The van der Waals surface area contributed by atoms with Crippen molar-refractivity contribution in [3.8, 4) is 11.5 Å². The average Bonchev–Trinajstić information content (AvgIpc) is 3.14. The van der Waals surface area contributed by atoms with Gasteiger partial charge < -0.3 is 20.1 Å². The van der Waals surface area contributed by atoms with Gasteiger partial charge in [0.05, 0.1) is 20.8 Å². The molecule has 0 amide bonds. The van der Waals surface area contributed by atoms with Crippen molar-refractivity contribution >= 4 is 17.3 Å². The Bertz CT molecular complexity index is 819. The number of thiophene rings is 1. The molecule has 1 aliphatic heterocycles. The van der Waals surface area contributed by atoms with E-state index >= 15 is 0 Å². The molecule has 0 saturated carbocycles. The second-order valence-corrected chi connectivity index (χ2v) is 7.88. The first-order chi connectivity index (χ1) is 13.6. The van der Waals surface area contributed by atoms with E-state index in [1.807, 2.05) is 7.05 Å². The van der Waals surface area contributed by atoms with Crippen LogP contribution in [0, 0.1) is 6.92 Å². The van der Waals surface area contributed by atoms with Crippen LogP contribution in [-0.4, -0.2) is 51.8 Å². The van der Waals surface area contributed by atoms with Crippen molar-refractivity contribution in [2.75, 3.05) is 40.9 Å². The number of hydrogen-bond acceptors (Lipinski definition) is 5. The molecule has 0 bridgehead atoms. The molecule has 0 radical (unpaired) electrons. The van der Waals surface area contributed by atoms with E-state index in [0.29, 0.717) is 0 Å². The molecule has 1 aromatic heterocycles. The van der Waals surface area contributed by atoms with E-state index in [4.69, 9.17) is 9.47 Å². The van der Waals surface area contributed by atoms with Gasteiger partial charge in [0.1, 0.15) is 0 Å². The van der Waals surface area contributed by atoms with E-state index < -0.39 is 0 Å². The van der Waals surface area contributed by atoms with E-state index in [0.717, 1.165) is 56.6 Å². The molecular formula is C21H30N4O2S. The van der Waals surface area contributed by atoms with Crippen LogP contribution in [-0.2, 0) is 19.5 Å². The van der Waals surface area contributed by atoms with Crippen molar-refractivity contribution in [1.29, 1.82) is 0 Å². The molecule has 0 atom stereocenters. The number of rotatable bonds is 7. The number of nitrogens with zero attached hydrogens (tertiary/aromatic N) is 2. The first-order valence-corrected chi connectivity index (χ1v) is 10.5. The number of benzene rings is 1. The van der Waals surface area contributed by atoms with Crippen LogP contribution >= 0.6 is 11.3 Å². The van der Waals surface area contributed by atoms with E-state index in [1.54, 1.807) is 25.6 Å². The lowest BCUT2D eigenvalue weighted by Crippen LogP contribution is -2.42. The highest BCUT2D eigenvalue weighted by atomic mass is 32.1. The van der Waals surface area contributed by atoms with Gasteiger partial charge in [0.2, 0.25) is 0 Å². The van der Waals surface area contributed by atoms with Crippen LogP contribution in [0.1, 0.15) is 21.6 Å². The summed E-state index contributed by atoms with van der Waals surface area (Å²) in [4.78, 5) is 8.13. The Kier molecular flexibility index (Phi) is 7.17. The highest BCUT2D eigenvalue weighted by Crippen LogP contribution is 2.33. The summed E-state index contributed by atoms with van der Waals surface area (Å²) in [5.41, 5.74) is 4.00. The second kappa shape index (κ2) is 9.80. The van der Waals surface area contributed by atoms with Gasteiger partial charge in [-0.2, -0.15) is 0 Å². The van der Waals surface area contributed by atoms with Gasteiger partial charge in [-0.15, -0.1) is 11.3 Å². The Hall–Kier alpha value is -2.25. The molecule has 28 heavy (non-hydrogen) atoms. The second-order valence-electron chi connectivity index (χ2n) is 6.88. The SMILES string of the molecule is CN=C(NCCN1CCc2cc(OC)c(OC)cc2C1)NCc1sccc1C. The van der Waals surface area contributed by atoms with E-state index in [2.05, 4.69) is 51.0 Å². The maximum Gasteiger partial charge on any atom is 0.191 e. The third-order valence-electron chi connectivity index (χ3n) is 5.13. The number of ether oxygens (including phenoxy) is 2. The minimum Gasteiger partial charge on any atom is -0.493 e. The standard InChI is InChI=1S/C21H30N4O2S/c1-15-6-10-28-20(15)13-24-21(22-2)23-7-9-25-8-5-16-11-18(26-3)19(27-4)12-17(16)14-25/h6,10-12H,5,7-9,13-14H2,1-4H3,(H2,22,23,24). The monoisotopic (exact) mass is 402 g/mol. The molecule has 0 unspecified atom stereocenters. The third kappa shape index (κ3) is 4.97. The van der Waals surface area contributed by atoms with Crippen LogP contribution in [0.2, 0.25) is 0 Å². The largest absolute Gasteiger partial charge is 0.493 e. The zero-order chi connectivity index (χ0) is 19.9. The zero-order valence-electron chi connectivity index (χ0n) is 17.2. The van der Waals surface area contributed by atoms with Crippen molar-refractivity contribution in [1.82, 2.24) is 15.5 Å². The lowest BCUT2D eigenvalue weighted by atomic mass is 9.99. The normalized spacial score (nSPS) is 14.5. The van der Waals surface area contributed by atoms with Crippen molar-refractivity contribution in [3.63, 3.8) is 0 Å². The number of hydrogen-bond donors (Lipinski definition) is 2. The van der Waals surface area contributed by atoms with Crippen LogP contribution in [0.25, 0.3) is 0 Å². The molecule has 152 valence electrons. The van der Waals surface area contributed by atoms with Crippen LogP contribution in [0.4, 0.5) is 0 Å². The predicted octanol–water partition coefficient (Wildman–Crippen LogP) is 2.80. The molecule has 0 fully saturated rings. The fourth-order valence-electron chi connectivity index (χ4n) is 3.43. The number of nitrogens with one attached hydrogen (secondary N) is 2. The molecule has 6 nitrogen and oxygen atoms in total. The molecule has 0 saturated heterocycles. The van der Waals surface area contributed by atoms with Crippen molar-refractivity contribution in [3.05, 3.63) is 45.1 Å². The van der Waals surface area contributed by atoms with Crippen LogP contribution in [0.3, 0.4) is 0 Å². The molecule has 1 aromatic carbocycles. The highest BCUT2D eigenvalue weighted by molar-refractivity contribution is 7.10. The molecule has 2 N–H and O–H groups in total. The van der Waals surface area contributed by atoms with Gasteiger partial charge in [0.15, 0.2) is 17.5 Å². The van der Waals surface area contributed by atoms with Gasteiger partial charge in [0, 0.05) is 38.1 Å². The van der Waals surface area contributed by atoms with Gasteiger partial charge >= 0.3 is 0 Å². The Labute approximate surface area is 171 Å². The molecule has 0 spiro atoms. The topological polar surface area (TPSA) is 58.1 Å². The van der Waals surface area contributed by atoms with Gasteiger partial charge in [-0.1, -0.05) is 0 Å². The summed E-state index contributed by atoms with van der Waals surface area (Å²) in [6.45, 7) is 6.74. The molecule has 3 rings (SSSR count). The summed E-state index contributed by atoms with van der Waals surface area (Å²) in [6.07, 6.45) is 1.03. The van der Waals surface area contributed by atoms with Crippen molar-refractivity contribution in [2.45, 2.75) is 26.4 Å². The van der Waals surface area contributed by atoms with Crippen molar-refractivity contribution in [2.24, 2.45) is 4.99 Å². The molecule has 2 aromatic rings. The van der Waals surface area contributed by atoms with E-state index in [9.17, 15) is 0 Å². The first kappa shape index (κ1) is 20.5. The van der Waals surface area contributed by atoms with Crippen LogP contribution in [0.5, 0.6) is 11.5 Å². The minimum absolute atomic E-state index is 0.801. The van der Waals surface area contributed by atoms with Crippen LogP contribution < -0.4 is 20.1 Å². The summed E-state index contributed by atoms with van der Waals surface area (Å²) < 4.78 is 10.9. The Morgan fingerprint density at radius 2 is 1.93 bits per heavy atom. The summed E-state index contributed by atoms with van der Waals surface area (Å²) in [5, 5.41) is 8.94. The predicted molar refractivity (Wildman–Crippen MR) is 116 cm³/mol. The fourth-order valence-corrected chi connectivity index (χ4v) is 4.28. The lowest BCUT2D eigenvalue weighted by molar-refractivity contribution is 0.256. The molecule has 0 aliphatic carbocycles. The number of methoxy groups -OCH3 is 2. The number of aliphatic imine (C=N–C) groups is 1. The number of aryl methyl sites for hydroxylation is 1. The quantitative estimate of drug-likeness (QED) is 0.551. The summed E-state index contributed by atoms with van der Waals surface area (Å²) in [6, 6.07) is 6.37. The molecule has 7 heteroatoms. The smallest absolute Gasteiger partial charge is 0.191 e. The van der Waals surface area contributed by atoms with E-state index in [-0.39, 0.29) is 0 Å². The van der Waals surface area contributed by atoms with Gasteiger partial charge in [0.25, 0.3) is 0 Å². The Morgan fingerprint density at radius 1 is 1.18 bits per heavy atom. The number of guanidine groups is 1. The zero-order valence-corrected chi connectivity index (χ0v) is 18.0. The Morgan fingerprint density at radius 3 is 2.57 bits per heavy atom. The average molecular weight is 403 g/mol. The van der Waals surface area contributed by atoms with Crippen LogP contribution in [0.15, 0.2) is 28.6 Å². The fraction of sp³-hybridized carbons (Fsp3) is 0.476. The number of fused-ring (bicyclic) bond motifs is 1. The maximum absolute atomic E-state index is 5.45. The first-order valence-electron chi connectivity index (χ1n) is 9.58. The van der Waals surface area contributed by atoms with Gasteiger partial charge in [-0.25, -0.2) is 0 Å². The third-order valence-corrected chi connectivity index (χ3v) is 6.15. The Balaban J connectivity index is 1.48. The van der Waals surface area contributed by atoms with E-state index in [1.165, 1.54) is 21.6 Å². The molecule has 1 aliphatic rings. The summed E-state index contributed by atoms with van der Waals surface area (Å²) in [7, 11) is 5.18. The van der Waals surface area contributed by atoms with Gasteiger partial charge in [-0.3, -0.25) is 9.89 Å². The summed E-state index contributed by atoms with van der Waals surface area (Å²) in [5.74, 6) is 2.46. The van der Waals surface area contributed by atoms with Gasteiger partial charge in [-0.05, 0) is 53.6 Å². The highest BCUT2D eigenvalue weighted by Gasteiger charge is 2.19. The lowest BCUT2D eigenvalue weighted by Gasteiger charge is -2.29. The van der Waals surface area contributed by atoms with Crippen molar-refractivity contribution < 1.29 is 9.47 Å². The minimum atomic E-state index is 0.801.